The first kappa shape index (κ1) is 11.0. The summed E-state index contributed by atoms with van der Waals surface area (Å²) in [6.07, 6.45) is 0. The molecular formula is C11H18O. The lowest BCUT2D eigenvalue weighted by molar-refractivity contribution is 0.475. The monoisotopic (exact) mass is 166 g/mol. The molecule has 1 rings (SSSR count). The predicted octanol–water partition coefficient (Wildman–Crippen LogP) is 3.54. The highest BCUT2D eigenvalue weighted by molar-refractivity contribution is 5.27. The average molecular weight is 166 g/mol. The van der Waals surface area contributed by atoms with E-state index in [1.807, 2.05) is 26.0 Å². The summed E-state index contributed by atoms with van der Waals surface area (Å²) >= 11 is 0. The van der Waals surface area contributed by atoms with Gasteiger partial charge < -0.3 is 5.11 Å². The zero-order valence-electron chi connectivity index (χ0n) is 8.33. The Labute approximate surface area is 75.1 Å². The van der Waals surface area contributed by atoms with Crippen molar-refractivity contribution in [3.63, 3.8) is 0 Å². The molecule has 0 spiro atoms. The van der Waals surface area contributed by atoms with E-state index in [4.69, 9.17) is 5.11 Å². The van der Waals surface area contributed by atoms with Crippen molar-refractivity contribution in [2.45, 2.75) is 33.6 Å². The second-order valence-corrected chi connectivity index (χ2v) is 2.75. The average Bonchev–Trinajstić information content (AvgIpc) is 2.09. The molecular weight excluding hydrogens is 148 g/mol. The van der Waals surface area contributed by atoms with Gasteiger partial charge in [-0.2, -0.15) is 0 Å². The Balaban J connectivity index is 0.000000561. The maximum absolute atomic E-state index is 8.94. The highest BCUT2D eigenvalue weighted by Gasteiger charge is 1.96. The molecule has 0 unspecified atom stereocenters. The van der Waals surface area contributed by atoms with Crippen molar-refractivity contribution in [3.8, 4) is 5.75 Å². The first-order chi connectivity index (χ1) is 5.70. The van der Waals surface area contributed by atoms with Gasteiger partial charge in [0, 0.05) is 0 Å². The van der Waals surface area contributed by atoms with Gasteiger partial charge in [-0.1, -0.05) is 39.8 Å². The Morgan fingerprint density at radius 3 is 1.75 bits per heavy atom. The third-order valence-electron chi connectivity index (χ3n) is 1.56. The number of benzene rings is 1. The van der Waals surface area contributed by atoms with Crippen molar-refractivity contribution in [1.82, 2.24) is 0 Å². The highest BCUT2D eigenvalue weighted by Crippen LogP contribution is 2.16. The third kappa shape index (κ3) is 3.42. The first-order valence-electron chi connectivity index (χ1n) is 4.49. The zero-order chi connectivity index (χ0) is 9.56. The van der Waals surface area contributed by atoms with Crippen molar-refractivity contribution >= 4 is 0 Å². The second-order valence-electron chi connectivity index (χ2n) is 2.75. The fourth-order valence-electron chi connectivity index (χ4n) is 0.859. The van der Waals surface area contributed by atoms with Crippen molar-refractivity contribution in [1.29, 1.82) is 0 Å². The van der Waals surface area contributed by atoms with Gasteiger partial charge in [-0.15, -0.1) is 0 Å². The summed E-state index contributed by atoms with van der Waals surface area (Å²) in [6, 6.07) is 7.32. The molecule has 0 aliphatic heterocycles. The van der Waals surface area contributed by atoms with Gasteiger partial charge in [-0.3, -0.25) is 0 Å². The summed E-state index contributed by atoms with van der Waals surface area (Å²) in [6.45, 7) is 8.26. The number of hydrogen-bond acceptors (Lipinski definition) is 1. The minimum atomic E-state index is 0.337. The van der Waals surface area contributed by atoms with Gasteiger partial charge in [0.15, 0.2) is 0 Å². The molecule has 0 saturated heterocycles. The fraction of sp³-hybridized carbons (Fsp3) is 0.455. The maximum Gasteiger partial charge on any atom is 0.115 e. The Morgan fingerprint density at radius 2 is 1.42 bits per heavy atom. The molecule has 0 aliphatic carbocycles. The van der Waals surface area contributed by atoms with Crippen LogP contribution in [0.5, 0.6) is 5.75 Å². The molecule has 0 saturated carbocycles. The number of hydrogen-bond donors (Lipinski definition) is 1. The van der Waals surface area contributed by atoms with Gasteiger partial charge in [-0.05, 0) is 23.6 Å². The van der Waals surface area contributed by atoms with Crippen LogP contribution in [-0.4, -0.2) is 5.11 Å². The number of rotatable bonds is 1. The highest BCUT2D eigenvalue weighted by atomic mass is 16.3. The molecule has 0 amide bonds. The number of aromatic hydroxyl groups is 1. The number of phenols is 1. The molecule has 0 bridgehead atoms. The van der Waals surface area contributed by atoms with E-state index in [1.54, 1.807) is 12.1 Å². The molecule has 0 fully saturated rings. The molecule has 1 N–H and O–H groups in total. The second kappa shape index (κ2) is 5.64. The van der Waals surface area contributed by atoms with Gasteiger partial charge in [-0.25, -0.2) is 0 Å². The molecule has 1 heteroatoms. The topological polar surface area (TPSA) is 20.2 Å². The van der Waals surface area contributed by atoms with Gasteiger partial charge in [0.1, 0.15) is 5.75 Å². The Kier molecular flexibility index (Phi) is 5.18. The van der Waals surface area contributed by atoms with Gasteiger partial charge in [0.25, 0.3) is 0 Å². The van der Waals surface area contributed by atoms with Crippen LogP contribution in [0.4, 0.5) is 0 Å². The van der Waals surface area contributed by atoms with Crippen LogP contribution in [0.3, 0.4) is 0 Å². The summed E-state index contributed by atoms with van der Waals surface area (Å²) < 4.78 is 0. The van der Waals surface area contributed by atoms with E-state index in [0.717, 1.165) is 0 Å². The third-order valence-corrected chi connectivity index (χ3v) is 1.56. The molecule has 1 aromatic carbocycles. The largest absolute Gasteiger partial charge is 0.508 e. The normalized spacial score (nSPS) is 9.08. The molecule has 0 aliphatic rings. The summed E-state index contributed by atoms with van der Waals surface area (Å²) in [7, 11) is 0. The van der Waals surface area contributed by atoms with Crippen LogP contribution in [-0.2, 0) is 0 Å². The van der Waals surface area contributed by atoms with Gasteiger partial charge in [0.2, 0.25) is 0 Å². The SMILES string of the molecule is CC.CC(C)c1ccc(O)cc1. The number of phenolic OH excluding ortho intramolecular Hbond substituents is 1. The Hall–Kier alpha value is -0.980. The Bertz CT molecular complexity index is 199. The lowest BCUT2D eigenvalue weighted by atomic mass is 10.0. The smallest absolute Gasteiger partial charge is 0.115 e. The molecule has 0 heterocycles. The van der Waals surface area contributed by atoms with E-state index >= 15 is 0 Å². The molecule has 1 nitrogen and oxygen atoms in total. The van der Waals surface area contributed by atoms with Crippen LogP contribution in [0, 0.1) is 0 Å². The predicted molar refractivity (Wildman–Crippen MR) is 53.5 cm³/mol. The van der Waals surface area contributed by atoms with E-state index in [9.17, 15) is 0 Å². The lowest BCUT2D eigenvalue weighted by Crippen LogP contribution is -1.84. The zero-order valence-corrected chi connectivity index (χ0v) is 8.33. The first-order valence-corrected chi connectivity index (χ1v) is 4.49. The Morgan fingerprint density at radius 1 is 1.00 bits per heavy atom. The van der Waals surface area contributed by atoms with E-state index in [1.165, 1.54) is 5.56 Å². The van der Waals surface area contributed by atoms with Crippen LogP contribution < -0.4 is 0 Å². The van der Waals surface area contributed by atoms with Crippen molar-refractivity contribution in [2.75, 3.05) is 0 Å². The van der Waals surface area contributed by atoms with E-state index < -0.39 is 0 Å². The fourth-order valence-corrected chi connectivity index (χ4v) is 0.859. The summed E-state index contributed by atoms with van der Waals surface area (Å²) in [4.78, 5) is 0. The van der Waals surface area contributed by atoms with E-state index in [-0.39, 0.29) is 0 Å². The van der Waals surface area contributed by atoms with Gasteiger partial charge in [0.05, 0.1) is 0 Å². The summed E-state index contributed by atoms with van der Waals surface area (Å²) in [5.74, 6) is 0.880. The summed E-state index contributed by atoms with van der Waals surface area (Å²) in [5, 5.41) is 8.94. The van der Waals surface area contributed by atoms with Crippen LogP contribution in [0.2, 0.25) is 0 Å². The molecule has 0 aromatic heterocycles. The quantitative estimate of drug-likeness (QED) is 0.676. The van der Waals surface area contributed by atoms with Crippen molar-refractivity contribution in [3.05, 3.63) is 29.8 Å². The minimum Gasteiger partial charge on any atom is -0.508 e. The summed E-state index contributed by atoms with van der Waals surface area (Å²) in [5.41, 5.74) is 1.26. The van der Waals surface area contributed by atoms with E-state index in [2.05, 4.69) is 13.8 Å². The molecule has 1 aromatic rings. The van der Waals surface area contributed by atoms with Gasteiger partial charge >= 0.3 is 0 Å². The van der Waals surface area contributed by atoms with Crippen LogP contribution in [0.15, 0.2) is 24.3 Å². The minimum absolute atomic E-state index is 0.337. The molecule has 0 atom stereocenters. The lowest BCUT2D eigenvalue weighted by Gasteiger charge is -2.03. The molecule has 12 heavy (non-hydrogen) atoms. The van der Waals surface area contributed by atoms with Crippen LogP contribution in [0.1, 0.15) is 39.2 Å². The maximum atomic E-state index is 8.94. The van der Waals surface area contributed by atoms with E-state index in [0.29, 0.717) is 11.7 Å². The van der Waals surface area contributed by atoms with Crippen LogP contribution >= 0.6 is 0 Å². The molecule has 68 valence electrons. The van der Waals surface area contributed by atoms with Crippen molar-refractivity contribution in [2.24, 2.45) is 0 Å². The van der Waals surface area contributed by atoms with Crippen LogP contribution in [0.25, 0.3) is 0 Å². The molecule has 0 radical (unpaired) electrons. The standard InChI is InChI=1S/C9H12O.C2H6/c1-7(2)8-3-5-9(10)6-4-8;1-2/h3-7,10H,1-2H3;1-2H3. The van der Waals surface area contributed by atoms with Crippen molar-refractivity contribution < 1.29 is 5.11 Å².